The third-order valence-corrected chi connectivity index (χ3v) is 2.35. The molecule has 1 heterocycles. The van der Waals surface area contributed by atoms with Crippen molar-refractivity contribution < 1.29 is 4.74 Å². The van der Waals surface area contributed by atoms with E-state index in [0.29, 0.717) is 5.92 Å². The number of terminal acetylenes is 1. The lowest BCUT2D eigenvalue weighted by Gasteiger charge is -2.37. The number of hydrogen-bond donors (Lipinski definition) is 0. The maximum absolute atomic E-state index is 5.70. The number of rotatable bonds is 1. The maximum Gasteiger partial charge on any atom is 0.116 e. The average Bonchev–Trinajstić information content (AvgIpc) is 2.13. The van der Waals surface area contributed by atoms with Crippen LogP contribution in [0.1, 0.15) is 27.2 Å². The SMILES string of the molecule is C#C.C=C/C=C1\C(=C)OC(C)(C)C[C@@H]1C. The third-order valence-electron chi connectivity index (χ3n) is 2.35. The summed E-state index contributed by atoms with van der Waals surface area (Å²) < 4.78 is 5.70. The van der Waals surface area contributed by atoms with Gasteiger partial charge in [0.1, 0.15) is 11.4 Å². The van der Waals surface area contributed by atoms with E-state index in [1.807, 2.05) is 6.08 Å². The molecule has 1 aliphatic rings. The Morgan fingerprint density at radius 3 is 2.40 bits per heavy atom. The summed E-state index contributed by atoms with van der Waals surface area (Å²) in [5.74, 6) is 1.30. The average molecular weight is 204 g/mol. The first kappa shape index (κ1) is 13.6. The van der Waals surface area contributed by atoms with Crippen molar-refractivity contribution >= 4 is 0 Å². The zero-order valence-corrected chi connectivity index (χ0v) is 9.92. The second kappa shape index (κ2) is 5.46. The van der Waals surface area contributed by atoms with Crippen LogP contribution in [0.4, 0.5) is 0 Å². The standard InChI is InChI=1S/C12H18O.C2H2/c1-6-7-11-9(2)8-12(4,5)13-10(11)3;1-2/h6-7,9H,1,3,8H2,2,4-5H3;1-2H/b11-7-;/t9-;/m0./s1. The monoisotopic (exact) mass is 204 g/mol. The third kappa shape index (κ3) is 3.67. The van der Waals surface area contributed by atoms with E-state index < -0.39 is 0 Å². The summed E-state index contributed by atoms with van der Waals surface area (Å²) in [6, 6.07) is 0. The molecule has 0 saturated carbocycles. The lowest BCUT2D eigenvalue weighted by Crippen LogP contribution is -2.32. The van der Waals surface area contributed by atoms with Gasteiger partial charge in [-0.15, -0.1) is 12.8 Å². The Hall–Kier alpha value is -1.42. The molecule has 0 unspecified atom stereocenters. The van der Waals surface area contributed by atoms with Gasteiger partial charge in [0.2, 0.25) is 0 Å². The Bertz CT molecular complexity index is 292. The van der Waals surface area contributed by atoms with Crippen molar-refractivity contribution in [1.29, 1.82) is 0 Å². The van der Waals surface area contributed by atoms with Gasteiger partial charge < -0.3 is 4.74 Å². The van der Waals surface area contributed by atoms with Gasteiger partial charge in [0.15, 0.2) is 0 Å². The maximum atomic E-state index is 5.70. The molecule has 1 atom stereocenters. The predicted molar refractivity (Wildman–Crippen MR) is 66.3 cm³/mol. The van der Waals surface area contributed by atoms with Gasteiger partial charge in [-0.3, -0.25) is 0 Å². The highest BCUT2D eigenvalue weighted by molar-refractivity contribution is 5.31. The number of hydrogen-bond acceptors (Lipinski definition) is 1. The van der Waals surface area contributed by atoms with E-state index >= 15 is 0 Å². The van der Waals surface area contributed by atoms with Crippen LogP contribution in [0, 0.1) is 18.8 Å². The zero-order valence-electron chi connectivity index (χ0n) is 9.92. The Labute approximate surface area is 93.5 Å². The fraction of sp³-hybridized carbons (Fsp3) is 0.429. The van der Waals surface area contributed by atoms with E-state index in [4.69, 9.17) is 4.74 Å². The summed E-state index contributed by atoms with van der Waals surface area (Å²) in [4.78, 5) is 0. The van der Waals surface area contributed by atoms with Crippen molar-refractivity contribution in [3.05, 3.63) is 36.6 Å². The topological polar surface area (TPSA) is 9.23 Å². The normalized spacial score (nSPS) is 26.1. The van der Waals surface area contributed by atoms with Crippen molar-refractivity contribution in [2.24, 2.45) is 5.92 Å². The molecule has 1 fully saturated rings. The lowest BCUT2D eigenvalue weighted by atomic mass is 9.85. The lowest BCUT2D eigenvalue weighted by molar-refractivity contribution is 0.00174. The van der Waals surface area contributed by atoms with Crippen LogP contribution in [0.25, 0.3) is 0 Å². The molecule has 15 heavy (non-hydrogen) atoms. The molecule has 0 bridgehead atoms. The molecule has 0 aliphatic carbocycles. The molecule has 1 rings (SSSR count). The molecular formula is C14H20O. The Morgan fingerprint density at radius 1 is 1.47 bits per heavy atom. The van der Waals surface area contributed by atoms with Crippen LogP contribution >= 0.6 is 0 Å². The second-order valence-electron chi connectivity index (χ2n) is 4.25. The van der Waals surface area contributed by atoms with Crippen molar-refractivity contribution in [2.75, 3.05) is 0 Å². The van der Waals surface area contributed by atoms with Gasteiger partial charge in [-0.25, -0.2) is 0 Å². The van der Waals surface area contributed by atoms with Gasteiger partial charge in [0.25, 0.3) is 0 Å². The van der Waals surface area contributed by atoms with Crippen LogP contribution in [0.3, 0.4) is 0 Å². The highest BCUT2D eigenvalue weighted by Gasteiger charge is 2.32. The van der Waals surface area contributed by atoms with Crippen LogP contribution in [0.5, 0.6) is 0 Å². The summed E-state index contributed by atoms with van der Waals surface area (Å²) in [6.45, 7) is 14.0. The number of allylic oxidation sites excluding steroid dienone is 3. The van der Waals surface area contributed by atoms with Crippen LogP contribution in [0.2, 0.25) is 0 Å². The molecule has 1 aliphatic heterocycles. The molecule has 0 aromatic carbocycles. The molecular weight excluding hydrogens is 184 g/mol. The molecule has 0 aromatic heterocycles. The van der Waals surface area contributed by atoms with Gasteiger partial charge in [0.05, 0.1) is 0 Å². The van der Waals surface area contributed by atoms with Crippen molar-refractivity contribution in [3.8, 4) is 12.8 Å². The van der Waals surface area contributed by atoms with Crippen LogP contribution in [-0.2, 0) is 4.74 Å². The first-order valence-corrected chi connectivity index (χ1v) is 5.00. The molecule has 1 heteroatoms. The van der Waals surface area contributed by atoms with Crippen LogP contribution in [-0.4, -0.2) is 5.60 Å². The van der Waals surface area contributed by atoms with Crippen molar-refractivity contribution in [2.45, 2.75) is 32.8 Å². The Kier molecular flexibility index (Phi) is 4.94. The minimum absolute atomic E-state index is 0.0744. The first-order chi connectivity index (χ1) is 6.96. The molecule has 0 radical (unpaired) electrons. The predicted octanol–water partition coefficient (Wildman–Crippen LogP) is 3.70. The zero-order chi connectivity index (χ0) is 12.1. The van der Waals surface area contributed by atoms with E-state index in [0.717, 1.165) is 12.2 Å². The fourth-order valence-electron chi connectivity index (χ4n) is 1.94. The van der Waals surface area contributed by atoms with E-state index in [9.17, 15) is 0 Å². The van der Waals surface area contributed by atoms with E-state index in [-0.39, 0.29) is 5.60 Å². The Balaban J connectivity index is 0.000000921. The van der Waals surface area contributed by atoms with Gasteiger partial charge in [-0.2, -0.15) is 0 Å². The highest BCUT2D eigenvalue weighted by atomic mass is 16.5. The first-order valence-electron chi connectivity index (χ1n) is 5.00. The number of ether oxygens (including phenoxy) is 1. The van der Waals surface area contributed by atoms with Crippen LogP contribution in [0.15, 0.2) is 36.6 Å². The summed E-state index contributed by atoms with van der Waals surface area (Å²) in [7, 11) is 0. The second-order valence-corrected chi connectivity index (χ2v) is 4.25. The van der Waals surface area contributed by atoms with Crippen molar-refractivity contribution in [1.82, 2.24) is 0 Å². The summed E-state index contributed by atoms with van der Waals surface area (Å²) >= 11 is 0. The molecule has 1 nitrogen and oxygen atoms in total. The minimum Gasteiger partial charge on any atom is -0.488 e. The van der Waals surface area contributed by atoms with Gasteiger partial charge in [-0.1, -0.05) is 32.2 Å². The fourth-order valence-corrected chi connectivity index (χ4v) is 1.94. The molecule has 0 spiro atoms. The smallest absolute Gasteiger partial charge is 0.116 e. The van der Waals surface area contributed by atoms with E-state index in [1.54, 1.807) is 6.08 Å². The molecule has 0 N–H and O–H groups in total. The van der Waals surface area contributed by atoms with Gasteiger partial charge >= 0.3 is 0 Å². The van der Waals surface area contributed by atoms with Crippen molar-refractivity contribution in [3.63, 3.8) is 0 Å². The summed E-state index contributed by atoms with van der Waals surface area (Å²) in [6.07, 6.45) is 12.8. The highest BCUT2D eigenvalue weighted by Crippen LogP contribution is 2.37. The van der Waals surface area contributed by atoms with Crippen LogP contribution < -0.4 is 0 Å². The largest absolute Gasteiger partial charge is 0.488 e. The Morgan fingerprint density at radius 2 is 2.00 bits per heavy atom. The molecule has 0 amide bonds. The molecule has 0 aromatic rings. The van der Waals surface area contributed by atoms with Gasteiger partial charge in [-0.05, 0) is 31.8 Å². The van der Waals surface area contributed by atoms with Gasteiger partial charge in [0, 0.05) is 0 Å². The summed E-state index contributed by atoms with van der Waals surface area (Å²) in [5.41, 5.74) is 1.10. The molecule has 1 saturated heterocycles. The quantitative estimate of drug-likeness (QED) is 0.592. The van der Waals surface area contributed by atoms with E-state index in [1.165, 1.54) is 5.57 Å². The van der Waals surface area contributed by atoms with E-state index in [2.05, 4.69) is 46.8 Å². The minimum atomic E-state index is -0.0744. The summed E-state index contributed by atoms with van der Waals surface area (Å²) in [5, 5.41) is 0. The molecule has 82 valence electrons.